The first-order chi connectivity index (χ1) is 16.4. The van der Waals surface area contributed by atoms with Gasteiger partial charge in [-0.15, -0.1) is 0 Å². The molecule has 3 heterocycles. The van der Waals surface area contributed by atoms with Crippen molar-refractivity contribution in [1.82, 2.24) is 19.5 Å². The predicted molar refractivity (Wildman–Crippen MR) is 134 cm³/mol. The van der Waals surface area contributed by atoms with Crippen molar-refractivity contribution in [3.8, 4) is 5.75 Å². The van der Waals surface area contributed by atoms with Gasteiger partial charge in [-0.05, 0) is 38.3 Å². The van der Waals surface area contributed by atoms with E-state index >= 15 is 0 Å². The van der Waals surface area contributed by atoms with Gasteiger partial charge in [0.05, 0.1) is 37.0 Å². The number of benzene rings is 1. The van der Waals surface area contributed by atoms with Gasteiger partial charge in [-0.2, -0.15) is 9.61 Å². The number of hydrogen-bond acceptors (Lipinski definition) is 6. The number of anilines is 2. The molecule has 1 amide bonds. The Morgan fingerprint density at radius 3 is 2.79 bits per heavy atom. The minimum absolute atomic E-state index is 0.0689. The molecule has 2 aromatic heterocycles. The van der Waals surface area contributed by atoms with E-state index < -0.39 is 0 Å². The van der Waals surface area contributed by atoms with Crippen molar-refractivity contribution in [2.75, 3.05) is 50.6 Å². The number of nitrogens with zero attached hydrogens (tertiary/aromatic N) is 5. The number of ether oxygens (including phenoxy) is 1. The fourth-order valence-corrected chi connectivity index (χ4v) is 4.42. The van der Waals surface area contributed by atoms with Crippen molar-refractivity contribution in [2.24, 2.45) is 0 Å². The van der Waals surface area contributed by atoms with Crippen LogP contribution in [-0.2, 0) is 0 Å². The molecule has 0 fully saturated rings. The highest BCUT2D eigenvalue weighted by molar-refractivity contribution is 5.97. The van der Waals surface area contributed by atoms with Gasteiger partial charge in [0, 0.05) is 32.8 Å². The van der Waals surface area contributed by atoms with Gasteiger partial charge in [-0.3, -0.25) is 4.79 Å². The topological polar surface area (TPSA) is 103 Å². The van der Waals surface area contributed by atoms with Crippen LogP contribution in [0.15, 0.2) is 30.3 Å². The molecule has 2 bridgehead atoms. The number of aryl methyl sites for hydroxylation is 1. The Morgan fingerprint density at radius 2 is 2.03 bits per heavy atom. The zero-order chi connectivity index (χ0) is 24.2. The minimum Gasteiger partial charge on any atom is -0.493 e. The maximum absolute atomic E-state index is 13.6. The summed E-state index contributed by atoms with van der Waals surface area (Å²) >= 11 is 0. The van der Waals surface area contributed by atoms with Crippen LogP contribution in [-0.4, -0.2) is 65.7 Å². The molecule has 1 aliphatic rings. The Balaban J connectivity index is 1.81. The lowest BCUT2D eigenvalue weighted by Gasteiger charge is -2.27. The van der Waals surface area contributed by atoms with Gasteiger partial charge in [0.15, 0.2) is 5.65 Å². The highest BCUT2D eigenvalue weighted by Crippen LogP contribution is 2.30. The zero-order valence-electron chi connectivity index (χ0n) is 20.7. The number of carbonyl (C=O) groups excluding carboxylic acids is 1. The second-order valence-electron chi connectivity index (χ2n) is 8.94. The lowest BCUT2D eigenvalue weighted by Crippen LogP contribution is -2.53. The van der Waals surface area contributed by atoms with E-state index in [9.17, 15) is 4.79 Å². The molecule has 0 aliphatic carbocycles. The molecule has 9 nitrogen and oxygen atoms in total. The molecule has 3 aromatic rings. The Hall–Kier alpha value is -3.33. The quantitative estimate of drug-likeness (QED) is 0.613. The summed E-state index contributed by atoms with van der Waals surface area (Å²) in [7, 11) is 3.91. The Bertz CT molecular complexity index is 1160. The van der Waals surface area contributed by atoms with Gasteiger partial charge in [-0.1, -0.05) is 18.6 Å². The molecular formula is C25H36N7O2+. The van der Waals surface area contributed by atoms with Crippen LogP contribution in [0.2, 0.25) is 0 Å². The molecular weight excluding hydrogens is 430 g/mol. The second-order valence-corrected chi connectivity index (χ2v) is 8.94. The summed E-state index contributed by atoms with van der Waals surface area (Å²) in [6, 6.07) is 9.63. The number of hydrogen-bond donors (Lipinski definition) is 2. The maximum atomic E-state index is 13.6. The molecule has 4 rings (SSSR count). The number of fused-ring (bicyclic) bond motifs is 2. The van der Waals surface area contributed by atoms with Gasteiger partial charge in [0.2, 0.25) is 0 Å². The highest BCUT2D eigenvalue weighted by atomic mass is 16.5. The highest BCUT2D eigenvalue weighted by Gasteiger charge is 2.27. The SMILES string of the molecule is CCC1c2cc3nc(NCC[NH3+])cc(n3n2)N(C)CCCCOc2ccc(C)cc2C(=O)N1C. The van der Waals surface area contributed by atoms with Crippen LogP contribution in [0.4, 0.5) is 11.6 Å². The van der Waals surface area contributed by atoms with E-state index in [2.05, 4.69) is 29.9 Å². The molecule has 1 aliphatic heterocycles. The standard InChI is InChI=1S/C25H35N7O2/c1-5-20-19-15-23-28-22(27-11-10-26)16-24(32(23)29-19)30(3)12-6-7-13-34-21-9-8-17(2)14-18(21)25(33)31(20)4/h8-9,14-16,20H,5-7,10-13,26H2,1-4H3,(H,27,28)/p+1. The zero-order valence-corrected chi connectivity index (χ0v) is 20.7. The molecule has 1 aromatic carbocycles. The van der Waals surface area contributed by atoms with Crippen LogP contribution in [0, 0.1) is 6.92 Å². The molecule has 1 atom stereocenters. The molecule has 0 spiro atoms. The minimum atomic E-state index is -0.193. The van der Waals surface area contributed by atoms with Crippen molar-refractivity contribution in [3.63, 3.8) is 0 Å². The molecule has 0 radical (unpaired) electrons. The lowest BCUT2D eigenvalue weighted by atomic mass is 10.1. The average Bonchev–Trinajstić information content (AvgIpc) is 3.25. The first kappa shape index (κ1) is 23.8. The fourth-order valence-electron chi connectivity index (χ4n) is 4.42. The van der Waals surface area contributed by atoms with Crippen LogP contribution >= 0.6 is 0 Å². The summed E-state index contributed by atoms with van der Waals surface area (Å²) in [5, 5.41) is 8.29. The number of carbonyl (C=O) groups is 1. The summed E-state index contributed by atoms with van der Waals surface area (Å²) in [6.45, 7) is 7.00. The van der Waals surface area contributed by atoms with Gasteiger partial charge in [-0.25, -0.2) is 4.98 Å². The van der Waals surface area contributed by atoms with E-state index in [-0.39, 0.29) is 11.9 Å². The second kappa shape index (κ2) is 10.3. The first-order valence-electron chi connectivity index (χ1n) is 12.1. The van der Waals surface area contributed by atoms with Crippen molar-refractivity contribution in [1.29, 1.82) is 0 Å². The Kier molecular flexibility index (Phi) is 7.21. The third-order valence-electron chi connectivity index (χ3n) is 6.33. The molecule has 34 heavy (non-hydrogen) atoms. The van der Waals surface area contributed by atoms with Crippen molar-refractivity contribution in [2.45, 2.75) is 39.2 Å². The van der Waals surface area contributed by atoms with Crippen LogP contribution in [0.1, 0.15) is 53.8 Å². The van der Waals surface area contributed by atoms with E-state index in [0.717, 1.165) is 67.4 Å². The monoisotopic (exact) mass is 466 g/mol. The van der Waals surface area contributed by atoms with Crippen LogP contribution in [0.5, 0.6) is 5.75 Å². The molecule has 0 saturated heterocycles. The third kappa shape index (κ3) is 4.79. The summed E-state index contributed by atoms with van der Waals surface area (Å²) in [6.07, 6.45) is 2.55. The summed E-state index contributed by atoms with van der Waals surface area (Å²) in [5.41, 5.74) is 7.11. The number of quaternary nitrogens is 1. The molecule has 9 heteroatoms. The van der Waals surface area contributed by atoms with Crippen molar-refractivity contribution < 1.29 is 15.3 Å². The summed E-state index contributed by atoms with van der Waals surface area (Å²) < 4.78 is 7.97. The number of amides is 1. The maximum Gasteiger partial charge on any atom is 0.257 e. The Morgan fingerprint density at radius 1 is 1.21 bits per heavy atom. The normalized spacial score (nSPS) is 17.3. The predicted octanol–water partition coefficient (Wildman–Crippen LogP) is 2.52. The third-order valence-corrected chi connectivity index (χ3v) is 6.33. The number of rotatable bonds is 4. The fraction of sp³-hybridized carbons (Fsp3) is 0.480. The number of aromatic nitrogens is 3. The van der Waals surface area contributed by atoms with Crippen molar-refractivity contribution in [3.05, 3.63) is 47.2 Å². The molecule has 0 saturated carbocycles. The van der Waals surface area contributed by atoms with Gasteiger partial charge in [0.1, 0.15) is 17.4 Å². The smallest absolute Gasteiger partial charge is 0.257 e. The van der Waals surface area contributed by atoms with Gasteiger partial charge >= 0.3 is 0 Å². The first-order valence-corrected chi connectivity index (χ1v) is 12.1. The average molecular weight is 467 g/mol. The van der Waals surface area contributed by atoms with Crippen LogP contribution in [0.25, 0.3) is 5.65 Å². The molecule has 182 valence electrons. The van der Waals surface area contributed by atoms with Gasteiger partial charge < -0.3 is 25.6 Å². The summed E-state index contributed by atoms with van der Waals surface area (Å²) in [4.78, 5) is 22.4. The molecule has 4 N–H and O–H groups in total. The summed E-state index contributed by atoms with van der Waals surface area (Å²) in [5.74, 6) is 2.33. The number of nitrogens with one attached hydrogen (secondary N) is 1. The lowest BCUT2D eigenvalue weighted by molar-refractivity contribution is -0.362. The van der Waals surface area contributed by atoms with Gasteiger partial charge in [0.25, 0.3) is 5.91 Å². The van der Waals surface area contributed by atoms with E-state index in [4.69, 9.17) is 14.8 Å². The van der Waals surface area contributed by atoms with E-state index in [1.54, 1.807) is 4.90 Å². The van der Waals surface area contributed by atoms with Crippen LogP contribution in [0.3, 0.4) is 0 Å². The van der Waals surface area contributed by atoms with E-state index in [1.807, 2.05) is 48.8 Å². The van der Waals surface area contributed by atoms with Crippen molar-refractivity contribution >= 4 is 23.2 Å². The van der Waals surface area contributed by atoms with Crippen LogP contribution < -0.4 is 20.7 Å². The Labute approximate surface area is 200 Å². The van der Waals surface area contributed by atoms with E-state index in [1.165, 1.54) is 0 Å². The van der Waals surface area contributed by atoms with E-state index in [0.29, 0.717) is 17.9 Å². The molecule has 1 unspecified atom stereocenters. The largest absolute Gasteiger partial charge is 0.493 e.